The third-order valence-corrected chi connectivity index (χ3v) is 3.20. The molecule has 0 atom stereocenters. The summed E-state index contributed by atoms with van der Waals surface area (Å²) in [7, 11) is -2.04. The van der Waals surface area contributed by atoms with Gasteiger partial charge in [-0.3, -0.25) is 0 Å². The van der Waals surface area contributed by atoms with Crippen LogP contribution >= 0.6 is 7.14 Å². The highest BCUT2D eigenvalue weighted by Gasteiger charge is 2.08. The molecular formula is C9H13OP. The zero-order valence-electron chi connectivity index (χ0n) is 7.16. The van der Waals surface area contributed by atoms with Crippen LogP contribution in [0, 0.1) is 6.92 Å². The molecule has 11 heavy (non-hydrogen) atoms. The highest BCUT2D eigenvalue weighted by Crippen LogP contribution is 2.34. The van der Waals surface area contributed by atoms with Crippen LogP contribution in [0.15, 0.2) is 24.3 Å². The van der Waals surface area contributed by atoms with E-state index in [4.69, 9.17) is 0 Å². The van der Waals surface area contributed by atoms with Crippen molar-refractivity contribution < 1.29 is 4.57 Å². The lowest BCUT2D eigenvalue weighted by molar-refractivity contribution is 0.588. The number of aryl methyl sites for hydroxylation is 1. The van der Waals surface area contributed by atoms with Gasteiger partial charge in [0, 0.05) is 5.30 Å². The second kappa shape index (κ2) is 2.83. The van der Waals surface area contributed by atoms with Gasteiger partial charge in [-0.15, -0.1) is 0 Å². The van der Waals surface area contributed by atoms with Gasteiger partial charge in [0.05, 0.1) is 0 Å². The molecule has 0 unspecified atom stereocenters. The second-order valence-electron chi connectivity index (χ2n) is 3.19. The summed E-state index contributed by atoms with van der Waals surface area (Å²) in [6.45, 7) is 5.61. The number of hydrogen-bond acceptors (Lipinski definition) is 1. The molecule has 0 aromatic heterocycles. The van der Waals surface area contributed by atoms with Crippen molar-refractivity contribution in [3.63, 3.8) is 0 Å². The van der Waals surface area contributed by atoms with Crippen molar-refractivity contribution >= 4 is 12.4 Å². The predicted molar refractivity (Wildman–Crippen MR) is 50.3 cm³/mol. The predicted octanol–water partition coefficient (Wildman–Crippen LogP) is 2.24. The maximum absolute atomic E-state index is 11.5. The summed E-state index contributed by atoms with van der Waals surface area (Å²) in [5, 5.41) is 0.961. The van der Waals surface area contributed by atoms with Crippen molar-refractivity contribution in [3.05, 3.63) is 29.8 Å². The van der Waals surface area contributed by atoms with E-state index in [0.29, 0.717) is 0 Å². The molecular weight excluding hydrogens is 155 g/mol. The average Bonchev–Trinajstić information content (AvgIpc) is 1.86. The first-order valence-corrected chi connectivity index (χ1v) is 6.22. The van der Waals surface area contributed by atoms with Crippen molar-refractivity contribution in [2.45, 2.75) is 6.92 Å². The topological polar surface area (TPSA) is 17.1 Å². The molecule has 0 fully saturated rings. The van der Waals surface area contributed by atoms with Gasteiger partial charge >= 0.3 is 0 Å². The van der Waals surface area contributed by atoms with Crippen molar-refractivity contribution in [1.82, 2.24) is 0 Å². The Hall–Kier alpha value is -0.550. The zero-order valence-corrected chi connectivity index (χ0v) is 8.06. The van der Waals surface area contributed by atoms with Gasteiger partial charge in [0.25, 0.3) is 0 Å². The molecule has 60 valence electrons. The fourth-order valence-electron chi connectivity index (χ4n) is 0.904. The van der Waals surface area contributed by atoms with Gasteiger partial charge in [-0.25, -0.2) is 0 Å². The minimum atomic E-state index is -2.04. The van der Waals surface area contributed by atoms with Crippen LogP contribution in [0.25, 0.3) is 0 Å². The van der Waals surface area contributed by atoms with Gasteiger partial charge in [0.1, 0.15) is 7.14 Å². The molecule has 0 aliphatic heterocycles. The Morgan fingerprint density at radius 3 is 1.91 bits per heavy atom. The van der Waals surface area contributed by atoms with Crippen LogP contribution in [0.4, 0.5) is 0 Å². The number of benzene rings is 1. The minimum Gasteiger partial charge on any atom is -0.319 e. The quantitative estimate of drug-likeness (QED) is 0.588. The Morgan fingerprint density at radius 2 is 1.55 bits per heavy atom. The van der Waals surface area contributed by atoms with Gasteiger partial charge < -0.3 is 4.57 Å². The summed E-state index contributed by atoms with van der Waals surface area (Å²) in [5.74, 6) is 0. The van der Waals surface area contributed by atoms with Crippen molar-refractivity contribution in [2.24, 2.45) is 0 Å². The van der Waals surface area contributed by atoms with E-state index in [0.717, 1.165) is 5.30 Å². The monoisotopic (exact) mass is 168 g/mol. The van der Waals surface area contributed by atoms with Crippen LogP contribution in [0.3, 0.4) is 0 Å². The van der Waals surface area contributed by atoms with Crippen molar-refractivity contribution in [1.29, 1.82) is 0 Å². The number of rotatable bonds is 1. The van der Waals surface area contributed by atoms with Gasteiger partial charge in [-0.1, -0.05) is 29.8 Å². The maximum Gasteiger partial charge on any atom is 0.109 e. The molecule has 0 amide bonds. The van der Waals surface area contributed by atoms with E-state index in [9.17, 15) is 4.57 Å². The first-order chi connectivity index (χ1) is 5.00. The summed E-state index contributed by atoms with van der Waals surface area (Å²) in [5.41, 5.74) is 1.21. The van der Waals surface area contributed by atoms with E-state index in [2.05, 4.69) is 0 Å². The van der Waals surface area contributed by atoms with E-state index in [1.807, 2.05) is 31.2 Å². The molecule has 0 radical (unpaired) electrons. The van der Waals surface area contributed by atoms with Crippen molar-refractivity contribution in [3.8, 4) is 0 Å². The third kappa shape index (κ3) is 2.20. The molecule has 0 saturated heterocycles. The standard InChI is InChI=1S/C9H13OP/c1-8-4-6-9(7-5-8)11(2,3)10/h4-7H,1-3H3. The third-order valence-electron chi connectivity index (χ3n) is 1.66. The first-order valence-electron chi connectivity index (χ1n) is 3.62. The summed E-state index contributed by atoms with van der Waals surface area (Å²) in [6, 6.07) is 7.87. The van der Waals surface area contributed by atoms with E-state index < -0.39 is 7.14 Å². The Morgan fingerprint density at radius 1 is 1.09 bits per heavy atom. The molecule has 0 spiro atoms. The van der Waals surface area contributed by atoms with Crippen LogP contribution in [0.2, 0.25) is 0 Å². The Balaban J connectivity index is 3.09. The molecule has 1 nitrogen and oxygen atoms in total. The fraction of sp³-hybridized carbons (Fsp3) is 0.333. The summed E-state index contributed by atoms with van der Waals surface area (Å²) >= 11 is 0. The van der Waals surface area contributed by atoms with Crippen LogP contribution in [0.5, 0.6) is 0 Å². The van der Waals surface area contributed by atoms with Gasteiger partial charge in [-0.05, 0) is 20.3 Å². The molecule has 1 aromatic rings. The van der Waals surface area contributed by atoms with Crippen LogP contribution in [0.1, 0.15) is 5.56 Å². The highest BCUT2D eigenvalue weighted by molar-refractivity contribution is 7.70. The lowest BCUT2D eigenvalue weighted by Crippen LogP contribution is -2.01. The summed E-state index contributed by atoms with van der Waals surface area (Å²) in [4.78, 5) is 0. The molecule has 0 saturated carbocycles. The van der Waals surface area contributed by atoms with E-state index >= 15 is 0 Å². The summed E-state index contributed by atoms with van der Waals surface area (Å²) < 4.78 is 11.5. The molecule has 0 aliphatic carbocycles. The Kier molecular flexibility index (Phi) is 2.20. The van der Waals surface area contributed by atoms with E-state index in [1.165, 1.54) is 5.56 Å². The Labute approximate surface area is 67.8 Å². The lowest BCUT2D eigenvalue weighted by Gasteiger charge is -2.05. The molecule has 0 heterocycles. The van der Waals surface area contributed by atoms with Crippen LogP contribution in [-0.2, 0) is 4.57 Å². The highest BCUT2D eigenvalue weighted by atomic mass is 31.2. The van der Waals surface area contributed by atoms with Crippen molar-refractivity contribution in [2.75, 3.05) is 13.3 Å². The maximum atomic E-state index is 11.5. The molecule has 0 N–H and O–H groups in total. The minimum absolute atomic E-state index is 0.961. The van der Waals surface area contributed by atoms with E-state index in [-0.39, 0.29) is 0 Å². The second-order valence-corrected chi connectivity index (χ2v) is 6.40. The largest absolute Gasteiger partial charge is 0.319 e. The van der Waals surface area contributed by atoms with Gasteiger partial charge in [0.2, 0.25) is 0 Å². The van der Waals surface area contributed by atoms with Crippen LogP contribution < -0.4 is 5.30 Å². The fourth-order valence-corrected chi connectivity index (χ4v) is 1.77. The van der Waals surface area contributed by atoms with Gasteiger partial charge in [-0.2, -0.15) is 0 Å². The number of hydrogen-bond donors (Lipinski definition) is 0. The molecule has 2 heteroatoms. The zero-order chi connectivity index (χ0) is 8.48. The first kappa shape index (κ1) is 8.55. The van der Waals surface area contributed by atoms with Crippen LogP contribution in [-0.4, -0.2) is 13.3 Å². The molecule has 1 rings (SSSR count). The molecule has 0 aliphatic rings. The SMILES string of the molecule is Cc1ccc(P(C)(C)=O)cc1. The normalized spacial score (nSPS) is 11.5. The smallest absolute Gasteiger partial charge is 0.109 e. The molecule has 1 aromatic carbocycles. The summed E-state index contributed by atoms with van der Waals surface area (Å²) in [6.07, 6.45) is 0. The van der Waals surface area contributed by atoms with E-state index in [1.54, 1.807) is 13.3 Å². The lowest BCUT2D eigenvalue weighted by atomic mass is 10.2. The average molecular weight is 168 g/mol. The van der Waals surface area contributed by atoms with Gasteiger partial charge in [0.15, 0.2) is 0 Å². The Bertz CT molecular complexity index is 281. The molecule has 0 bridgehead atoms.